The number of sulfonamides is 1. The first kappa shape index (κ1) is 24.7. The minimum atomic E-state index is -3.84. The highest BCUT2D eigenvalue weighted by atomic mass is 35.5. The van der Waals surface area contributed by atoms with Gasteiger partial charge in [0, 0.05) is 25.0 Å². The summed E-state index contributed by atoms with van der Waals surface area (Å²) in [5, 5.41) is 6.39. The van der Waals surface area contributed by atoms with Gasteiger partial charge in [-0.2, -0.15) is 0 Å². The Bertz CT molecular complexity index is 1480. The predicted molar refractivity (Wildman–Crippen MR) is 143 cm³/mol. The number of carbonyl (C=O) groups excluding carboxylic acids is 1. The Labute approximate surface area is 221 Å². The van der Waals surface area contributed by atoms with Crippen LogP contribution in [0.4, 0.5) is 16.6 Å². The summed E-state index contributed by atoms with van der Waals surface area (Å²) < 4.78 is 29.2. The molecule has 2 aromatic carbocycles. The molecule has 1 aliphatic heterocycles. The number of hydrogen-bond donors (Lipinski definition) is 3. The molecule has 1 amide bonds. The van der Waals surface area contributed by atoms with Gasteiger partial charge in [0.2, 0.25) is 0 Å². The molecule has 36 heavy (non-hydrogen) atoms. The van der Waals surface area contributed by atoms with Crippen LogP contribution in [0.15, 0.2) is 71.8 Å². The number of nitrogens with one attached hydrogen (secondary N) is 3. The topological polar surface area (TPSA) is 116 Å². The molecule has 2 aromatic heterocycles. The van der Waals surface area contributed by atoms with Crippen LogP contribution in [0.1, 0.15) is 10.4 Å². The van der Waals surface area contributed by atoms with Crippen LogP contribution in [0.25, 0.3) is 10.2 Å². The zero-order valence-corrected chi connectivity index (χ0v) is 21.7. The van der Waals surface area contributed by atoms with E-state index in [-0.39, 0.29) is 10.8 Å². The molecule has 1 fully saturated rings. The molecule has 1 aliphatic rings. The molecule has 5 rings (SSSR count). The summed E-state index contributed by atoms with van der Waals surface area (Å²) >= 11 is 13.8. The van der Waals surface area contributed by atoms with Gasteiger partial charge >= 0.3 is 0 Å². The Balaban J connectivity index is 1.33. The third-order valence-corrected chi connectivity index (χ3v) is 8.92. The maximum Gasteiger partial charge on any atom is 0.263 e. The monoisotopic (exact) mass is 562 g/mol. The number of amides is 1. The molecule has 9 nitrogen and oxygen atoms in total. The predicted octanol–water partition coefficient (Wildman–Crippen LogP) is 4.41. The zero-order chi connectivity index (χ0) is 25.3. The second-order valence-electron chi connectivity index (χ2n) is 7.87. The molecule has 3 N–H and O–H groups in total. The second-order valence-corrected chi connectivity index (χ2v) is 11.5. The van der Waals surface area contributed by atoms with E-state index in [1.165, 1.54) is 28.4 Å². The molecular weight excluding hydrogens is 543 g/mol. The van der Waals surface area contributed by atoms with Crippen LogP contribution in [0.5, 0.6) is 0 Å². The molecule has 13 heteroatoms. The number of thiazole rings is 1. The van der Waals surface area contributed by atoms with Crippen LogP contribution < -0.4 is 15.4 Å². The SMILES string of the molecule is O=C(c1cccnc1Nc1ccc(S(=O)(=O)Nc2nc3ccccc3s2)cc1)N1CCNC(Cl)C1Cl. The fourth-order valence-electron chi connectivity index (χ4n) is 3.69. The average molecular weight is 563 g/mol. The van der Waals surface area contributed by atoms with E-state index in [1.54, 1.807) is 30.5 Å². The lowest BCUT2D eigenvalue weighted by Gasteiger charge is -2.35. The van der Waals surface area contributed by atoms with Crippen molar-refractivity contribution in [1.29, 1.82) is 0 Å². The number of rotatable bonds is 6. The van der Waals surface area contributed by atoms with Crippen LogP contribution in [-0.2, 0) is 10.0 Å². The van der Waals surface area contributed by atoms with E-state index in [9.17, 15) is 13.2 Å². The maximum atomic E-state index is 13.2. The second kappa shape index (κ2) is 10.2. The maximum absolute atomic E-state index is 13.2. The third kappa shape index (κ3) is 5.11. The summed E-state index contributed by atoms with van der Waals surface area (Å²) in [7, 11) is -3.84. The quantitative estimate of drug-likeness (QED) is 0.235. The molecule has 1 saturated heterocycles. The van der Waals surface area contributed by atoms with Crippen molar-refractivity contribution in [3.63, 3.8) is 0 Å². The molecule has 0 aliphatic carbocycles. The molecule has 3 heterocycles. The number of nitrogens with zero attached hydrogens (tertiary/aromatic N) is 3. The van der Waals surface area contributed by atoms with Crippen molar-refractivity contribution in [2.24, 2.45) is 0 Å². The summed E-state index contributed by atoms with van der Waals surface area (Å²) in [6.07, 6.45) is 1.56. The molecule has 0 spiro atoms. The van der Waals surface area contributed by atoms with E-state index in [0.29, 0.717) is 35.3 Å². The van der Waals surface area contributed by atoms with Gasteiger partial charge in [-0.1, -0.05) is 35.1 Å². The van der Waals surface area contributed by atoms with Gasteiger partial charge in [-0.15, -0.1) is 11.6 Å². The summed E-state index contributed by atoms with van der Waals surface area (Å²) in [5.74, 6) is 0.0104. The number of halogens is 2. The van der Waals surface area contributed by atoms with Crippen molar-refractivity contribution in [2.75, 3.05) is 23.1 Å². The van der Waals surface area contributed by atoms with Crippen LogP contribution in [0.3, 0.4) is 0 Å². The summed E-state index contributed by atoms with van der Waals surface area (Å²) in [6, 6.07) is 16.8. The van der Waals surface area contributed by atoms with E-state index in [2.05, 4.69) is 25.3 Å². The van der Waals surface area contributed by atoms with Gasteiger partial charge in [0.05, 0.1) is 20.7 Å². The molecule has 186 valence electrons. The highest BCUT2D eigenvalue weighted by Gasteiger charge is 2.33. The first-order valence-electron chi connectivity index (χ1n) is 10.8. The molecular formula is C23H20Cl2N6O3S2. The third-order valence-electron chi connectivity index (χ3n) is 5.47. The number of piperazine rings is 1. The van der Waals surface area contributed by atoms with Gasteiger partial charge in [0.15, 0.2) is 5.13 Å². The van der Waals surface area contributed by atoms with Gasteiger partial charge in [0.25, 0.3) is 15.9 Å². The molecule has 2 atom stereocenters. The van der Waals surface area contributed by atoms with Crippen LogP contribution >= 0.6 is 34.5 Å². The van der Waals surface area contributed by atoms with Gasteiger partial charge in [0.1, 0.15) is 16.8 Å². The van der Waals surface area contributed by atoms with Crippen molar-refractivity contribution in [3.05, 3.63) is 72.4 Å². The summed E-state index contributed by atoms with van der Waals surface area (Å²) in [4.78, 5) is 23.3. The number of anilines is 3. The van der Waals surface area contributed by atoms with Gasteiger partial charge < -0.3 is 10.2 Å². The number of carbonyl (C=O) groups is 1. The summed E-state index contributed by atoms with van der Waals surface area (Å²) in [5.41, 5.74) is 0.322. The fraction of sp³-hybridized carbons (Fsp3) is 0.174. The van der Waals surface area contributed by atoms with E-state index in [0.717, 1.165) is 10.2 Å². The lowest BCUT2D eigenvalue weighted by molar-refractivity contribution is 0.0694. The van der Waals surface area contributed by atoms with Gasteiger partial charge in [-0.05, 0) is 48.5 Å². The summed E-state index contributed by atoms with van der Waals surface area (Å²) in [6.45, 7) is 0.923. The van der Waals surface area contributed by atoms with Crippen LogP contribution in [0, 0.1) is 0 Å². The first-order valence-corrected chi connectivity index (χ1v) is 14.0. The lowest BCUT2D eigenvalue weighted by atomic mass is 10.2. The number of alkyl halides is 2. The molecule has 4 aromatic rings. The normalized spacial score (nSPS) is 18.2. The van der Waals surface area contributed by atoms with E-state index >= 15 is 0 Å². The van der Waals surface area contributed by atoms with Crippen molar-refractivity contribution in [3.8, 4) is 0 Å². The minimum Gasteiger partial charge on any atom is -0.340 e. The largest absolute Gasteiger partial charge is 0.340 e. The molecule has 0 saturated carbocycles. The Hall–Kier alpha value is -2.96. The van der Waals surface area contributed by atoms with Gasteiger partial charge in [-0.3, -0.25) is 14.8 Å². The van der Waals surface area contributed by atoms with Crippen LogP contribution in [0.2, 0.25) is 0 Å². The zero-order valence-electron chi connectivity index (χ0n) is 18.6. The van der Waals surface area contributed by atoms with Gasteiger partial charge in [-0.25, -0.2) is 18.4 Å². The highest BCUT2D eigenvalue weighted by Crippen LogP contribution is 2.28. The Kier molecular flexibility index (Phi) is 7.00. The number of benzene rings is 2. The number of hydrogen-bond acceptors (Lipinski definition) is 8. The standard InChI is InChI=1S/C23H20Cl2N6O3S2/c24-19-20(25)31(13-12-26-19)22(32)16-4-3-11-27-21(16)28-14-7-9-15(10-8-14)36(33,34)30-23-29-17-5-1-2-6-18(17)35-23/h1-11,19-20,26H,12-13H2,(H,27,28)(H,29,30). The van der Waals surface area contributed by atoms with Crippen LogP contribution in [-0.4, -0.2) is 53.3 Å². The smallest absolute Gasteiger partial charge is 0.263 e. The first-order chi connectivity index (χ1) is 17.3. The Morgan fingerprint density at radius 1 is 1.08 bits per heavy atom. The molecule has 2 unspecified atom stereocenters. The number of aromatic nitrogens is 2. The van der Waals surface area contributed by atoms with E-state index < -0.39 is 21.0 Å². The fourth-order valence-corrected chi connectivity index (χ4v) is 6.31. The lowest BCUT2D eigenvalue weighted by Crippen LogP contribution is -2.55. The van der Waals surface area contributed by atoms with Crippen molar-refractivity contribution < 1.29 is 13.2 Å². The number of fused-ring (bicyclic) bond motifs is 1. The van der Waals surface area contributed by atoms with Crippen molar-refractivity contribution in [2.45, 2.75) is 15.9 Å². The van der Waals surface area contributed by atoms with Crippen molar-refractivity contribution in [1.82, 2.24) is 20.2 Å². The van der Waals surface area contributed by atoms with Crippen molar-refractivity contribution >= 4 is 77.3 Å². The average Bonchev–Trinajstić information content (AvgIpc) is 3.27. The number of para-hydroxylation sites is 1. The minimum absolute atomic E-state index is 0.0728. The number of pyridine rings is 1. The molecule has 0 radical (unpaired) electrons. The van der Waals surface area contributed by atoms with E-state index in [4.69, 9.17) is 23.2 Å². The highest BCUT2D eigenvalue weighted by molar-refractivity contribution is 7.93. The Morgan fingerprint density at radius 2 is 1.86 bits per heavy atom. The Morgan fingerprint density at radius 3 is 2.64 bits per heavy atom. The molecule has 0 bridgehead atoms. The van der Waals surface area contributed by atoms with E-state index in [1.807, 2.05) is 24.3 Å².